The predicted octanol–water partition coefficient (Wildman–Crippen LogP) is 1.07. The van der Waals surface area contributed by atoms with E-state index in [-0.39, 0.29) is 24.8 Å². The number of carboxylic acid groups (broad SMARTS) is 1. The second-order valence-corrected chi connectivity index (χ2v) is 6.18. The lowest BCUT2D eigenvalue weighted by atomic mass is 10.1. The summed E-state index contributed by atoms with van der Waals surface area (Å²) in [4.78, 5) is 36.7. The number of benzene rings is 1. The van der Waals surface area contributed by atoms with Crippen molar-refractivity contribution < 1.29 is 33.4 Å². The molecule has 2 aromatic rings. The molecule has 1 fully saturated rings. The fraction of sp³-hybridized carbons (Fsp3) is 0.333. The number of morpholine rings is 1. The number of nitrogens with zero attached hydrogens (tertiary/aromatic N) is 3. The molecule has 10 heteroatoms. The monoisotopic (exact) mass is 391 g/mol. The molecule has 3 rings (SSSR count). The van der Waals surface area contributed by atoms with Gasteiger partial charge in [-0.3, -0.25) is 14.5 Å². The minimum absolute atomic E-state index is 0.0455. The number of hydrogen-bond donors (Lipinski definition) is 1. The molecule has 1 N–H and O–H groups in total. The molecule has 0 saturated carbocycles. The van der Waals surface area contributed by atoms with E-state index in [1.54, 1.807) is 25.1 Å². The van der Waals surface area contributed by atoms with E-state index in [0.717, 1.165) is 6.92 Å². The second-order valence-electron chi connectivity index (χ2n) is 6.18. The smallest absolute Gasteiger partial charge is 0.348 e. The zero-order valence-electron chi connectivity index (χ0n) is 15.2. The average molecular weight is 391 g/mol. The van der Waals surface area contributed by atoms with Crippen molar-refractivity contribution in [2.45, 2.75) is 26.1 Å². The summed E-state index contributed by atoms with van der Waals surface area (Å²) in [5.74, 6) is -3.10. The van der Waals surface area contributed by atoms with Gasteiger partial charge in [0.1, 0.15) is 5.82 Å². The maximum Gasteiger partial charge on any atom is 0.348 e. The Morgan fingerprint density at radius 3 is 2.64 bits per heavy atom. The predicted molar refractivity (Wildman–Crippen MR) is 93.5 cm³/mol. The molecule has 2 heterocycles. The van der Waals surface area contributed by atoms with E-state index in [4.69, 9.17) is 9.47 Å². The van der Waals surface area contributed by atoms with E-state index in [1.807, 2.05) is 0 Å². The van der Waals surface area contributed by atoms with Gasteiger partial charge in [-0.1, -0.05) is 0 Å². The first-order valence-electron chi connectivity index (χ1n) is 8.43. The van der Waals surface area contributed by atoms with Crippen molar-refractivity contribution in [3.05, 3.63) is 41.8 Å². The Bertz CT molecular complexity index is 911. The van der Waals surface area contributed by atoms with E-state index >= 15 is 0 Å². The molecular formula is C18H18FN3O6. The number of esters is 1. The van der Waals surface area contributed by atoms with Crippen molar-refractivity contribution in [2.24, 2.45) is 0 Å². The first-order chi connectivity index (χ1) is 13.3. The van der Waals surface area contributed by atoms with Gasteiger partial charge in [-0.05, 0) is 31.2 Å². The summed E-state index contributed by atoms with van der Waals surface area (Å²) in [7, 11) is 0. The van der Waals surface area contributed by atoms with Gasteiger partial charge in [0.05, 0.1) is 18.8 Å². The number of anilines is 1. The maximum absolute atomic E-state index is 13.1. The topological polar surface area (TPSA) is 111 Å². The highest BCUT2D eigenvalue weighted by Gasteiger charge is 2.43. The lowest BCUT2D eigenvalue weighted by molar-refractivity contribution is -0.177. The number of carbonyl (C=O) groups is 3. The Labute approximate surface area is 159 Å². The number of carboxylic acids is 1. The second kappa shape index (κ2) is 7.77. The average Bonchev–Trinajstić information content (AvgIpc) is 3.02. The van der Waals surface area contributed by atoms with Crippen molar-refractivity contribution in [3.8, 4) is 5.69 Å². The number of aryl methyl sites for hydroxylation is 1. The van der Waals surface area contributed by atoms with Gasteiger partial charge in [-0.15, -0.1) is 5.10 Å². The van der Waals surface area contributed by atoms with Crippen LogP contribution in [0.5, 0.6) is 0 Å². The summed E-state index contributed by atoms with van der Waals surface area (Å²) in [6.45, 7) is 3.02. The Morgan fingerprint density at radius 2 is 2.04 bits per heavy atom. The van der Waals surface area contributed by atoms with E-state index < -0.39 is 30.1 Å². The molecule has 0 spiro atoms. The van der Waals surface area contributed by atoms with Crippen molar-refractivity contribution in [1.82, 2.24) is 9.78 Å². The van der Waals surface area contributed by atoms with Gasteiger partial charge in [0.2, 0.25) is 6.10 Å². The van der Waals surface area contributed by atoms with E-state index in [1.165, 1.54) is 21.7 Å². The van der Waals surface area contributed by atoms with Gasteiger partial charge in [-0.2, -0.15) is 0 Å². The molecule has 0 unspecified atom stereocenters. The zero-order valence-corrected chi connectivity index (χ0v) is 15.2. The summed E-state index contributed by atoms with van der Waals surface area (Å²) in [5.41, 5.74) is 1.29. The zero-order chi connectivity index (χ0) is 20.4. The highest BCUT2D eigenvalue weighted by Crippen LogP contribution is 2.23. The van der Waals surface area contributed by atoms with Crippen LogP contribution in [0.3, 0.4) is 0 Å². The Balaban J connectivity index is 1.88. The fourth-order valence-corrected chi connectivity index (χ4v) is 2.90. The number of amides is 1. The summed E-state index contributed by atoms with van der Waals surface area (Å²) < 4.78 is 24.7. The lowest BCUT2D eigenvalue weighted by Gasteiger charge is -2.33. The summed E-state index contributed by atoms with van der Waals surface area (Å²) in [6, 6.07) is 7.32. The van der Waals surface area contributed by atoms with Crippen molar-refractivity contribution in [3.63, 3.8) is 0 Å². The minimum atomic E-state index is -1.76. The number of rotatable bonds is 5. The van der Waals surface area contributed by atoms with Crippen molar-refractivity contribution in [1.29, 1.82) is 0 Å². The Hall–Kier alpha value is -3.27. The molecule has 1 aromatic carbocycles. The van der Waals surface area contributed by atoms with E-state index in [2.05, 4.69) is 5.10 Å². The summed E-state index contributed by atoms with van der Waals surface area (Å²) in [5, 5.41) is 13.7. The molecule has 0 aliphatic carbocycles. The summed E-state index contributed by atoms with van der Waals surface area (Å²) in [6.07, 6.45) is -3.24. The third kappa shape index (κ3) is 3.86. The SMILES string of the molecule is CC(=O)O[C@@H](C(=O)O)[C@H]1OCCN(c2cc(C)n(-c3ccc(F)cc3)n2)C1=O. The van der Waals surface area contributed by atoms with Crippen LogP contribution in [-0.4, -0.2) is 58.1 Å². The quantitative estimate of drug-likeness (QED) is 0.759. The van der Waals surface area contributed by atoms with Crippen molar-refractivity contribution in [2.75, 3.05) is 18.1 Å². The first-order valence-corrected chi connectivity index (χ1v) is 8.43. The van der Waals surface area contributed by atoms with Crippen LogP contribution < -0.4 is 4.90 Å². The number of aliphatic carboxylic acids is 1. The van der Waals surface area contributed by atoms with Crippen LogP contribution in [-0.2, 0) is 23.9 Å². The van der Waals surface area contributed by atoms with Crippen LogP contribution in [0, 0.1) is 12.7 Å². The first kappa shape index (κ1) is 19.5. The molecule has 1 aromatic heterocycles. The Morgan fingerprint density at radius 1 is 1.36 bits per heavy atom. The molecule has 0 radical (unpaired) electrons. The van der Waals surface area contributed by atoms with Gasteiger partial charge in [0.15, 0.2) is 11.9 Å². The van der Waals surface area contributed by atoms with Gasteiger partial charge in [-0.25, -0.2) is 13.9 Å². The van der Waals surface area contributed by atoms with Gasteiger partial charge < -0.3 is 14.6 Å². The lowest BCUT2D eigenvalue weighted by Crippen LogP contribution is -2.55. The molecule has 1 aliphatic heterocycles. The number of carbonyl (C=O) groups excluding carboxylic acids is 2. The van der Waals surface area contributed by atoms with Crippen LogP contribution in [0.15, 0.2) is 30.3 Å². The Kier molecular flexibility index (Phi) is 5.41. The number of hydrogen-bond acceptors (Lipinski definition) is 6. The van der Waals surface area contributed by atoms with E-state index in [9.17, 15) is 23.9 Å². The van der Waals surface area contributed by atoms with Crippen LogP contribution in [0.2, 0.25) is 0 Å². The normalized spacial score (nSPS) is 18.0. The third-order valence-corrected chi connectivity index (χ3v) is 4.16. The number of halogens is 1. The molecule has 9 nitrogen and oxygen atoms in total. The molecular weight excluding hydrogens is 373 g/mol. The van der Waals surface area contributed by atoms with Gasteiger partial charge in [0, 0.05) is 18.7 Å². The standard InChI is InChI=1S/C18H18FN3O6/c1-10-9-14(20-22(10)13-5-3-12(19)4-6-13)21-7-8-27-15(17(21)24)16(18(25)26)28-11(2)23/h3-6,9,15-16H,7-8H2,1-2H3,(H,25,26)/t15-,16-/m1/s1. The minimum Gasteiger partial charge on any atom is -0.478 e. The largest absolute Gasteiger partial charge is 0.478 e. The van der Waals surface area contributed by atoms with Crippen molar-refractivity contribution >= 4 is 23.7 Å². The van der Waals surface area contributed by atoms with Crippen LogP contribution in [0.4, 0.5) is 10.2 Å². The van der Waals surface area contributed by atoms with Gasteiger partial charge >= 0.3 is 11.9 Å². The summed E-state index contributed by atoms with van der Waals surface area (Å²) >= 11 is 0. The van der Waals surface area contributed by atoms with Gasteiger partial charge in [0.25, 0.3) is 5.91 Å². The molecule has 28 heavy (non-hydrogen) atoms. The van der Waals surface area contributed by atoms with Crippen LogP contribution >= 0.6 is 0 Å². The van der Waals surface area contributed by atoms with E-state index in [0.29, 0.717) is 11.4 Å². The highest BCUT2D eigenvalue weighted by molar-refractivity contribution is 6.00. The fourth-order valence-electron chi connectivity index (χ4n) is 2.90. The molecule has 0 bridgehead atoms. The number of aromatic nitrogens is 2. The molecule has 2 atom stereocenters. The molecule has 1 aliphatic rings. The van der Waals surface area contributed by atoms with Crippen LogP contribution in [0.1, 0.15) is 12.6 Å². The molecule has 1 saturated heterocycles. The third-order valence-electron chi connectivity index (χ3n) is 4.16. The van der Waals surface area contributed by atoms with Crippen LogP contribution in [0.25, 0.3) is 5.69 Å². The number of ether oxygens (including phenoxy) is 2. The highest BCUT2D eigenvalue weighted by atomic mass is 19.1. The molecule has 1 amide bonds. The maximum atomic E-state index is 13.1. The molecule has 148 valence electrons.